The van der Waals surface area contributed by atoms with Gasteiger partial charge in [-0.2, -0.15) is 0 Å². The van der Waals surface area contributed by atoms with E-state index < -0.39 is 0 Å². The summed E-state index contributed by atoms with van der Waals surface area (Å²) in [7, 11) is 1.44. The maximum atomic E-state index is 11.4. The van der Waals surface area contributed by atoms with E-state index in [1.165, 1.54) is 20.0 Å². The fraction of sp³-hybridized carbons (Fsp3) is 0.929. The Labute approximate surface area is 115 Å². The number of nitrogens with zero attached hydrogens (tertiary/aromatic N) is 1. The van der Waals surface area contributed by atoms with E-state index >= 15 is 0 Å². The zero-order valence-electron chi connectivity index (χ0n) is 11.8. The van der Waals surface area contributed by atoms with Crippen molar-refractivity contribution in [3.8, 4) is 0 Å². The number of carbonyl (C=O) groups excluding carboxylic acids is 1. The fourth-order valence-electron chi connectivity index (χ4n) is 2.90. The monoisotopic (exact) mass is 270 g/mol. The highest BCUT2D eigenvalue weighted by molar-refractivity contribution is 5.69. The van der Waals surface area contributed by atoms with Gasteiger partial charge in [0.15, 0.2) is 0 Å². The first-order chi connectivity index (χ1) is 9.21. The van der Waals surface area contributed by atoms with Gasteiger partial charge in [-0.1, -0.05) is 0 Å². The van der Waals surface area contributed by atoms with Crippen molar-refractivity contribution in [2.24, 2.45) is 11.8 Å². The second kappa shape index (κ2) is 7.22. The molecule has 0 radical (unpaired) electrons. The molecule has 2 rings (SSSR count). The Morgan fingerprint density at radius 3 is 2.79 bits per heavy atom. The maximum absolute atomic E-state index is 11.4. The normalized spacial score (nSPS) is 28.3. The van der Waals surface area contributed by atoms with Crippen LogP contribution in [0, 0.1) is 11.8 Å². The first kappa shape index (κ1) is 14.8. The number of rotatable bonds is 7. The smallest absolute Gasteiger partial charge is 0.305 e. The minimum atomic E-state index is -0.128. The molecule has 0 bridgehead atoms. The topological polar surface area (TPSA) is 61.8 Å². The third-order valence-electron chi connectivity index (χ3n) is 4.10. The van der Waals surface area contributed by atoms with Crippen LogP contribution in [-0.2, 0) is 9.53 Å². The largest absolute Gasteiger partial charge is 0.469 e. The number of carbonyl (C=O) groups is 1. The number of hydrogen-bond donors (Lipinski definition) is 2. The number of methoxy groups -OCH3 is 1. The summed E-state index contributed by atoms with van der Waals surface area (Å²) in [6.07, 6.45) is 4.22. The van der Waals surface area contributed by atoms with Gasteiger partial charge in [-0.05, 0) is 37.6 Å². The van der Waals surface area contributed by atoms with E-state index in [0.29, 0.717) is 24.9 Å². The van der Waals surface area contributed by atoms with Crippen LogP contribution in [0.4, 0.5) is 0 Å². The van der Waals surface area contributed by atoms with E-state index in [1.54, 1.807) is 0 Å². The summed E-state index contributed by atoms with van der Waals surface area (Å²) in [5.74, 6) is 1.08. The quantitative estimate of drug-likeness (QED) is 0.649. The molecule has 1 aliphatic heterocycles. The number of esters is 1. The van der Waals surface area contributed by atoms with Gasteiger partial charge in [0.05, 0.1) is 13.7 Å². The molecule has 2 unspecified atom stereocenters. The minimum absolute atomic E-state index is 0.128. The number of hydrogen-bond acceptors (Lipinski definition) is 5. The minimum Gasteiger partial charge on any atom is -0.469 e. The summed E-state index contributed by atoms with van der Waals surface area (Å²) in [5, 5.41) is 12.7. The van der Waals surface area contributed by atoms with Gasteiger partial charge in [0.2, 0.25) is 0 Å². The van der Waals surface area contributed by atoms with Crippen LogP contribution in [0.3, 0.4) is 0 Å². The molecule has 0 amide bonds. The van der Waals surface area contributed by atoms with Gasteiger partial charge >= 0.3 is 5.97 Å². The molecular formula is C14H26N2O3. The zero-order valence-corrected chi connectivity index (χ0v) is 11.8. The molecule has 0 aromatic rings. The lowest BCUT2D eigenvalue weighted by Crippen LogP contribution is -2.50. The molecule has 0 aromatic carbocycles. The summed E-state index contributed by atoms with van der Waals surface area (Å²) < 4.78 is 4.76. The van der Waals surface area contributed by atoms with Gasteiger partial charge in [-0.25, -0.2) is 0 Å². The Hall–Kier alpha value is -0.650. The Bertz CT molecular complexity index is 294. The van der Waals surface area contributed by atoms with Crippen LogP contribution in [-0.4, -0.2) is 61.9 Å². The third-order valence-corrected chi connectivity index (χ3v) is 4.10. The molecule has 0 spiro atoms. The molecule has 110 valence electrons. The summed E-state index contributed by atoms with van der Waals surface area (Å²) in [4.78, 5) is 13.7. The highest BCUT2D eigenvalue weighted by Crippen LogP contribution is 2.28. The first-order valence-corrected chi connectivity index (χ1v) is 7.34. The number of ether oxygens (including phenoxy) is 1. The Balaban J connectivity index is 1.81. The highest BCUT2D eigenvalue weighted by atomic mass is 16.5. The average Bonchev–Trinajstić information content (AvgIpc) is 3.20. The van der Waals surface area contributed by atoms with Crippen LogP contribution < -0.4 is 5.32 Å². The predicted octanol–water partition coefficient (Wildman–Crippen LogP) is 0.232. The van der Waals surface area contributed by atoms with Gasteiger partial charge in [-0.15, -0.1) is 0 Å². The molecule has 2 atom stereocenters. The van der Waals surface area contributed by atoms with Gasteiger partial charge in [0.1, 0.15) is 0 Å². The number of nitrogens with one attached hydrogen (secondary N) is 1. The summed E-state index contributed by atoms with van der Waals surface area (Å²) in [6.45, 7) is 3.84. The van der Waals surface area contributed by atoms with Gasteiger partial charge in [-0.3, -0.25) is 9.69 Å². The van der Waals surface area contributed by atoms with Crippen molar-refractivity contribution in [2.75, 3.05) is 39.9 Å². The van der Waals surface area contributed by atoms with E-state index in [2.05, 4.69) is 10.2 Å². The highest BCUT2D eigenvalue weighted by Gasteiger charge is 2.30. The van der Waals surface area contributed by atoms with Gasteiger partial charge in [0.25, 0.3) is 0 Å². The van der Waals surface area contributed by atoms with Crippen LogP contribution in [0.15, 0.2) is 0 Å². The second-order valence-electron chi connectivity index (χ2n) is 5.91. The number of aliphatic hydroxyl groups is 1. The van der Waals surface area contributed by atoms with Crippen molar-refractivity contribution in [1.29, 1.82) is 0 Å². The van der Waals surface area contributed by atoms with E-state index in [-0.39, 0.29) is 12.6 Å². The summed E-state index contributed by atoms with van der Waals surface area (Å²) in [6, 6.07) is 0.440. The van der Waals surface area contributed by atoms with Gasteiger partial charge < -0.3 is 15.2 Å². The predicted molar refractivity (Wildman–Crippen MR) is 72.8 cm³/mol. The van der Waals surface area contributed by atoms with Crippen LogP contribution in [0.25, 0.3) is 0 Å². The molecule has 2 fully saturated rings. The standard InChI is InChI=1S/C14H26N2O3/c1-19-14(18)7-12-6-13(15-8-11-2-3-11)10-16(9-12)4-5-17/h11-13,15,17H,2-10H2,1H3. The number of likely N-dealkylation sites (tertiary alicyclic amines) is 1. The third kappa shape index (κ3) is 5.09. The second-order valence-corrected chi connectivity index (χ2v) is 5.91. The number of piperidine rings is 1. The van der Waals surface area contributed by atoms with Crippen LogP contribution in [0.2, 0.25) is 0 Å². The molecule has 2 N–H and O–H groups in total. The lowest BCUT2D eigenvalue weighted by atomic mass is 9.91. The Morgan fingerprint density at radius 2 is 2.16 bits per heavy atom. The van der Waals surface area contributed by atoms with E-state index in [0.717, 1.165) is 32.0 Å². The van der Waals surface area contributed by atoms with Crippen molar-refractivity contribution in [2.45, 2.75) is 31.7 Å². The zero-order chi connectivity index (χ0) is 13.7. The van der Waals surface area contributed by atoms with Crippen LogP contribution in [0.1, 0.15) is 25.7 Å². The van der Waals surface area contributed by atoms with Crippen LogP contribution >= 0.6 is 0 Å². The SMILES string of the molecule is COC(=O)CC1CC(NCC2CC2)CN(CCO)C1. The van der Waals surface area contributed by atoms with Crippen molar-refractivity contribution in [3.05, 3.63) is 0 Å². The lowest BCUT2D eigenvalue weighted by Gasteiger charge is -2.37. The molecule has 1 saturated carbocycles. The molecule has 1 heterocycles. The average molecular weight is 270 g/mol. The fourth-order valence-corrected chi connectivity index (χ4v) is 2.90. The summed E-state index contributed by atoms with van der Waals surface area (Å²) in [5.41, 5.74) is 0. The lowest BCUT2D eigenvalue weighted by molar-refractivity contribution is -0.142. The first-order valence-electron chi connectivity index (χ1n) is 7.34. The van der Waals surface area contributed by atoms with Crippen molar-refractivity contribution >= 4 is 5.97 Å². The molecule has 19 heavy (non-hydrogen) atoms. The Kier molecular flexibility index (Phi) is 5.60. The maximum Gasteiger partial charge on any atom is 0.305 e. The van der Waals surface area contributed by atoms with Crippen molar-refractivity contribution < 1.29 is 14.6 Å². The van der Waals surface area contributed by atoms with Crippen molar-refractivity contribution in [3.63, 3.8) is 0 Å². The Morgan fingerprint density at radius 1 is 1.37 bits per heavy atom. The molecule has 5 heteroatoms. The molecule has 1 saturated heterocycles. The van der Waals surface area contributed by atoms with E-state index in [4.69, 9.17) is 9.84 Å². The number of β-amino-alcohol motifs (C(OH)–C–C–N with tert-alkyl or cyclic N) is 1. The molecule has 1 aliphatic carbocycles. The number of aliphatic hydroxyl groups excluding tert-OH is 1. The molecule has 5 nitrogen and oxygen atoms in total. The van der Waals surface area contributed by atoms with E-state index in [9.17, 15) is 4.79 Å². The summed E-state index contributed by atoms with van der Waals surface area (Å²) >= 11 is 0. The molecule has 2 aliphatic rings. The van der Waals surface area contributed by atoms with E-state index in [1.807, 2.05) is 0 Å². The van der Waals surface area contributed by atoms with Crippen molar-refractivity contribution in [1.82, 2.24) is 10.2 Å². The molecular weight excluding hydrogens is 244 g/mol. The molecule has 0 aromatic heterocycles. The van der Waals surface area contributed by atoms with Crippen LogP contribution in [0.5, 0.6) is 0 Å². The van der Waals surface area contributed by atoms with Gasteiger partial charge in [0, 0.05) is 32.1 Å².